The first-order chi connectivity index (χ1) is 10.3. The number of nitrogens with zero attached hydrogens (tertiary/aromatic N) is 4. The molecule has 0 fully saturated rings. The lowest BCUT2D eigenvalue weighted by molar-refractivity contribution is 0.308. The summed E-state index contributed by atoms with van der Waals surface area (Å²) in [7, 11) is 1.63. The molecule has 1 heterocycles. The zero-order valence-electron chi connectivity index (χ0n) is 12.2. The maximum atomic E-state index is 9.00. The second kappa shape index (κ2) is 7.29. The van der Waals surface area contributed by atoms with Crippen molar-refractivity contribution < 1.29 is 9.47 Å². The lowest BCUT2D eigenvalue weighted by Crippen LogP contribution is -2.06. The minimum Gasteiger partial charge on any atom is -0.497 e. The molecule has 0 amide bonds. The second-order valence-corrected chi connectivity index (χ2v) is 4.44. The van der Waals surface area contributed by atoms with Gasteiger partial charge in [-0.3, -0.25) is 0 Å². The molecule has 0 saturated heterocycles. The SMILES string of the molecule is CCn1nnc(C#N)c1CCCOc1ccc(OC)cc1. The van der Waals surface area contributed by atoms with Gasteiger partial charge in [-0.15, -0.1) is 5.10 Å². The fourth-order valence-corrected chi connectivity index (χ4v) is 2.02. The third kappa shape index (κ3) is 3.72. The van der Waals surface area contributed by atoms with E-state index in [0.717, 1.165) is 30.0 Å². The molecule has 110 valence electrons. The van der Waals surface area contributed by atoms with Gasteiger partial charge in [0.25, 0.3) is 0 Å². The van der Waals surface area contributed by atoms with Crippen LogP contribution in [0, 0.1) is 11.3 Å². The maximum absolute atomic E-state index is 9.00. The van der Waals surface area contributed by atoms with Gasteiger partial charge in [0.2, 0.25) is 0 Å². The van der Waals surface area contributed by atoms with Crippen LogP contribution in [0.1, 0.15) is 24.7 Å². The van der Waals surface area contributed by atoms with Gasteiger partial charge >= 0.3 is 0 Å². The molecule has 0 bridgehead atoms. The summed E-state index contributed by atoms with van der Waals surface area (Å²) < 4.78 is 12.5. The highest BCUT2D eigenvalue weighted by Gasteiger charge is 2.10. The van der Waals surface area contributed by atoms with Gasteiger partial charge in [-0.25, -0.2) is 4.68 Å². The van der Waals surface area contributed by atoms with Crippen molar-refractivity contribution in [2.45, 2.75) is 26.3 Å². The highest BCUT2D eigenvalue weighted by Crippen LogP contribution is 2.17. The van der Waals surface area contributed by atoms with Crippen molar-refractivity contribution in [3.63, 3.8) is 0 Å². The van der Waals surface area contributed by atoms with Crippen LogP contribution in [0.3, 0.4) is 0 Å². The number of ether oxygens (including phenoxy) is 2. The van der Waals surface area contributed by atoms with Crippen LogP contribution in [0.25, 0.3) is 0 Å². The number of hydrogen-bond acceptors (Lipinski definition) is 5. The summed E-state index contributed by atoms with van der Waals surface area (Å²) in [5, 5.41) is 16.8. The van der Waals surface area contributed by atoms with Gasteiger partial charge in [0.05, 0.1) is 19.4 Å². The summed E-state index contributed by atoms with van der Waals surface area (Å²) >= 11 is 0. The number of benzene rings is 1. The number of aromatic nitrogens is 3. The largest absolute Gasteiger partial charge is 0.497 e. The summed E-state index contributed by atoms with van der Waals surface area (Å²) in [6.45, 7) is 3.27. The Labute approximate surface area is 123 Å². The third-order valence-electron chi connectivity index (χ3n) is 3.13. The van der Waals surface area contributed by atoms with Gasteiger partial charge in [-0.1, -0.05) is 5.21 Å². The van der Waals surface area contributed by atoms with Crippen LogP contribution in [0.15, 0.2) is 24.3 Å². The van der Waals surface area contributed by atoms with E-state index >= 15 is 0 Å². The van der Waals surface area contributed by atoms with E-state index in [0.29, 0.717) is 18.8 Å². The van der Waals surface area contributed by atoms with E-state index in [2.05, 4.69) is 16.4 Å². The van der Waals surface area contributed by atoms with Gasteiger partial charge in [-0.05, 0) is 44.0 Å². The number of methoxy groups -OCH3 is 1. The fourth-order valence-electron chi connectivity index (χ4n) is 2.02. The van der Waals surface area contributed by atoms with Gasteiger partial charge in [-0.2, -0.15) is 5.26 Å². The highest BCUT2D eigenvalue weighted by atomic mass is 16.5. The van der Waals surface area contributed by atoms with Crippen molar-refractivity contribution in [3.8, 4) is 17.6 Å². The quantitative estimate of drug-likeness (QED) is 0.729. The van der Waals surface area contributed by atoms with E-state index in [-0.39, 0.29) is 0 Å². The molecule has 1 aromatic carbocycles. The Morgan fingerprint density at radius 2 is 1.95 bits per heavy atom. The molecule has 0 spiro atoms. The molecule has 2 aromatic rings. The molecule has 6 nitrogen and oxygen atoms in total. The normalized spacial score (nSPS) is 10.1. The van der Waals surface area contributed by atoms with Crippen molar-refractivity contribution in [3.05, 3.63) is 35.7 Å². The van der Waals surface area contributed by atoms with Crippen molar-refractivity contribution in [2.24, 2.45) is 0 Å². The molecular formula is C15H18N4O2. The van der Waals surface area contributed by atoms with E-state index < -0.39 is 0 Å². The van der Waals surface area contributed by atoms with Gasteiger partial charge in [0.15, 0.2) is 5.69 Å². The summed E-state index contributed by atoms with van der Waals surface area (Å²) in [5.41, 5.74) is 1.28. The van der Waals surface area contributed by atoms with Crippen molar-refractivity contribution in [2.75, 3.05) is 13.7 Å². The Balaban J connectivity index is 1.84. The number of hydrogen-bond donors (Lipinski definition) is 0. The molecule has 21 heavy (non-hydrogen) atoms. The molecule has 0 atom stereocenters. The van der Waals surface area contributed by atoms with Gasteiger partial charge in [0.1, 0.15) is 17.6 Å². The molecule has 0 aliphatic rings. The van der Waals surface area contributed by atoms with Crippen LogP contribution in [-0.2, 0) is 13.0 Å². The Bertz CT molecular complexity index is 614. The topological polar surface area (TPSA) is 73.0 Å². The predicted molar refractivity (Wildman–Crippen MR) is 77.2 cm³/mol. The molecule has 2 rings (SSSR count). The first-order valence-electron chi connectivity index (χ1n) is 6.87. The van der Waals surface area contributed by atoms with Crippen LogP contribution in [0.5, 0.6) is 11.5 Å². The lowest BCUT2D eigenvalue weighted by Gasteiger charge is -2.07. The second-order valence-electron chi connectivity index (χ2n) is 4.44. The first kappa shape index (κ1) is 14.9. The summed E-state index contributed by atoms with van der Waals surface area (Å²) in [5.74, 6) is 1.61. The third-order valence-corrected chi connectivity index (χ3v) is 3.13. The Kier molecular flexibility index (Phi) is 5.16. The monoisotopic (exact) mass is 286 g/mol. The van der Waals surface area contributed by atoms with Crippen LogP contribution in [0.4, 0.5) is 0 Å². The van der Waals surface area contributed by atoms with Crippen molar-refractivity contribution in [1.82, 2.24) is 15.0 Å². The standard InChI is InChI=1S/C15H18N4O2/c1-3-19-15(14(11-16)17-18-19)5-4-10-21-13-8-6-12(20-2)7-9-13/h6-9H,3-5,10H2,1-2H3. The van der Waals surface area contributed by atoms with Crippen LogP contribution >= 0.6 is 0 Å². The molecule has 1 aromatic heterocycles. The van der Waals surface area contributed by atoms with Crippen LogP contribution < -0.4 is 9.47 Å². The van der Waals surface area contributed by atoms with E-state index in [1.165, 1.54) is 0 Å². The van der Waals surface area contributed by atoms with Crippen LogP contribution in [0.2, 0.25) is 0 Å². The van der Waals surface area contributed by atoms with Gasteiger partial charge < -0.3 is 9.47 Å². The molecule has 0 N–H and O–H groups in total. The van der Waals surface area contributed by atoms with Crippen molar-refractivity contribution >= 4 is 0 Å². The Hall–Kier alpha value is -2.55. The Morgan fingerprint density at radius 3 is 2.57 bits per heavy atom. The summed E-state index contributed by atoms with van der Waals surface area (Å²) in [4.78, 5) is 0. The average Bonchev–Trinajstić information content (AvgIpc) is 2.94. The summed E-state index contributed by atoms with van der Waals surface area (Å²) in [6.07, 6.45) is 1.52. The van der Waals surface area contributed by atoms with Crippen molar-refractivity contribution in [1.29, 1.82) is 5.26 Å². The Morgan fingerprint density at radius 1 is 1.24 bits per heavy atom. The lowest BCUT2D eigenvalue weighted by atomic mass is 10.2. The average molecular weight is 286 g/mol. The number of aryl methyl sites for hydroxylation is 1. The minimum atomic E-state index is 0.404. The smallest absolute Gasteiger partial charge is 0.185 e. The molecule has 6 heteroatoms. The first-order valence-corrected chi connectivity index (χ1v) is 6.87. The maximum Gasteiger partial charge on any atom is 0.185 e. The molecular weight excluding hydrogens is 268 g/mol. The van der Waals surface area contributed by atoms with E-state index in [1.54, 1.807) is 11.8 Å². The zero-order valence-corrected chi connectivity index (χ0v) is 12.2. The van der Waals surface area contributed by atoms with E-state index in [9.17, 15) is 0 Å². The molecule has 0 radical (unpaired) electrons. The molecule has 0 aliphatic carbocycles. The summed E-state index contributed by atoms with van der Waals surface area (Å²) in [6, 6.07) is 9.54. The minimum absolute atomic E-state index is 0.404. The molecule has 0 aliphatic heterocycles. The van der Waals surface area contributed by atoms with Crippen LogP contribution in [-0.4, -0.2) is 28.7 Å². The van der Waals surface area contributed by atoms with E-state index in [1.807, 2.05) is 31.2 Å². The van der Waals surface area contributed by atoms with E-state index in [4.69, 9.17) is 14.7 Å². The zero-order chi connectivity index (χ0) is 15.1. The number of nitriles is 1. The number of rotatable bonds is 7. The molecule has 0 saturated carbocycles. The predicted octanol–water partition coefficient (Wildman–Crippen LogP) is 2.19. The van der Waals surface area contributed by atoms with Gasteiger partial charge in [0, 0.05) is 6.54 Å². The highest BCUT2D eigenvalue weighted by molar-refractivity contribution is 5.31. The fraction of sp³-hybridized carbons (Fsp3) is 0.400. The molecule has 0 unspecified atom stereocenters.